The number of benzene rings is 1. The van der Waals surface area contributed by atoms with E-state index in [2.05, 4.69) is 5.32 Å². The van der Waals surface area contributed by atoms with E-state index >= 15 is 0 Å². The number of halogens is 2. The van der Waals surface area contributed by atoms with E-state index in [9.17, 15) is 23.6 Å². The van der Waals surface area contributed by atoms with E-state index in [0.717, 1.165) is 12.3 Å². The molecule has 31 heavy (non-hydrogen) atoms. The number of hydrogen-bond acceptors (Lipinski definition) is 5. The molecule has 1 aromatic heterocycles. The van der Waals surface area contributed by atoms with Crippen LogP contribution in [0.25, 0.3) is 0 Å². The minimum atomic E-state index is -1.14. The van der Waals surface area contributed by atoms with E-state index in [1.807, 2.05) is 6.92 Å². The van der Waals surface area contributed by atoms with Gasteiger partial charge in [-0.25, -0.2) is 4.39 Å². The van der Waals surface area contributed by atoms with Crippen molar-refractivity contribution in [2.45, 2.75) is 38.4 Å². The molecule has 0 spiro atoms. The second-order valence-electron chi connectivity index (χ2n) is 7.94. The van der Waals surface area contributed by atoms with Gasteiger partial charge in [0.25, 0.3) is 5.91 Å². The summed E-state index contributed by atoms with van der Waals surface area (Å²) in [6.45, 7) is 5.44. The second kappa shape index (κ2) is 8.10. The fraction of sp³-hybridized carbons (Fsp3) is 0.381. The van der Waals surface area contributed by atoms with Crippen LogP contribution in [0.15, 0.2) is 30.5 Å². The lowest BCUT2D eigenvalue weighted by Crippen LogP contribution is -2.40. The molecule has 2 amide bonds. The van der Waals surface area contributed by atoms with Gasteiger partial charge in [0, 0.05) is 28.3 Å². The number of pyridine rings is 1. The zero-order valence-corrected chi connectivity index (χ0v) is 17.5. The molecule has 4 N–H and O–H groups in total. The summed E-state index contributed by atoms with van der Waals surface area (Å²) in [5.41, 5.74) is 4.71. The maximum Gasteiger partial charge on any atom is 0.323 e. The van der Waals surface area contributed by atoms with Gasteiger partial charge < -0.3 is 20.5 Å². The zero-order valence-electron chi connectivity index (χ0n) is 17.5. The minimum Gasteiger partial charge on any atom is -0.493 e. The van der Waals surface area contributed by atoms with E-state index in [4.69, 9.17) is 15.2 Å². The average molecular weight is 436 g/mol. The topological polar surface area (TPSA) is 115 Å². The highest BCUT2D eigenvalue weighted by molar-refractivity contribution is 5.97. The molecule has 2 heterocycles. The van der Waals surface area contributed by atoms with E-state index in [1.165, 1.54) is 25.3 Å². The van der Waals surface area contributed by atoms with Gasteiger partial charge in [-0.3, -0.25) is 14.8 Å². The number of anilines is 1. The number of carbonyl (C=O) groups is 2. The first-order valence-corrected chi connectivity index (χ1v) is 9.53. The quantitative estimate of drug-likeness (QED) is 0.491. The molecule has 3 rings (SSSR count). The molecule has 1 saturated heterocycles. The molecule has 1 aromatic carbocycles. The third-order valence-electron chi connectivity index (χ3n) is 5.75. The SMILES string of the molecule is COc1c([C@H]2[C@@H](C)C(C)(C)O[C@H]2C(=O)Nc2cc[n+](O)c(C(N)=O)c2)ccc(F)c1F. The summed E-state index contributed by atoms with van der Waals surface area (Å²) in [6, 6.07) is 4.93. The number of rotatable bonds is 5. The summed E-state index contributed by atoms with van der Waals surface area (Å²) in [4.78, 5) is 24.6. The Hall–Kier alpha value is -3.27. The molecular formula is C21H24F2N3O5+. The van der Waals surface area contributed by atoms with Gasteiger partial charge in [-0.2, -0.15) is 4.39 Å². The normalized spacial score (nSPS) is 22.2. The number of aromatic nitrogens is 1. The van der Waals surface area contributed by atoms with Crippen LogP contribution < -0.4 is 20.5 Å². The summed E-state index contributed by atoms with van der Waals surface area (Å²) in [7, 11) is 1.22. The lowest BCUT2D eigenvalue weighted by atomic mass is 9.78. The van der Waals surface area contributed by atoms with Gasteiger partial charge in [0.05, 0.1) is 18.4 Å². The zero-order chi connectivity index (χ0) is 23.1. The number of primary amides is 1. The Morgan fingerprint density at radius 2 is 1.97 bits per heavy atom. The highest BCUT2D eigenvalue weighted by Crippen LogP contribution is 2.49. The van der Waals surface area contributed by atoms with Crippen LogP contribution in [0.5, 0.6) is 5.75 Å². The van der Waals surface area contributed by atoms with Crippen LogP contribution in [0, 0.1) is 17.6 Å². The fourth-order valence-electron chi connectivity index (χ4n) is 3.84. The molecule has 1 aliphatic rings. The molecule has 0 aliphatic carbocycles. The van der Waals surface area contributed by atoms with Crippen molar-refractivity contribution in [3.8, 4) is 5.75 Å². The third kappa shape index (κ3) is 4.02. The molecule has 166 valence electrons. The molecule has 0 unspecified atom stereocenters. The van der Waals surface area contributed by atoms with Gasteiger partial charge in [-0.1, -0.05) is 13.0 Å². The number of ether oxygens (including phenoxy) is 2. The van der Waals surface area contributed by atoms with Crippen molar-refractivity contribution in [3.63, 3.8) is 0 Å². The molecule has 0 saturated carbocycles. The first kappa shape index (κ1) is 22.4. The van der Waals surface area contributed by atoms with Crippen molar-refractivity contribution in [3.05, 3.63) is 53.4 Å². The largest absolute Gasteiger partial charge is 0.493 e. The summed E-state index contributed by atoms with van der Waals surface area (Å²) in [5.74, 6) is -4.87. The number of nitrogens with one attached hydrogen (secondary N) is 1. The second-order valence-corrected chi connectivity index (χ2v) is 7.94. The Morgan fingerprint density at radius 3 is 2.58 bits per heavy atom. The first-order valence-electron chi connectivity index (χ1n) is 9.53. The Kier molecular flexibility index (Phi) is 5.86. The van der Waals surface area contributed by atoms with Gasteiger partial charge in [-0.15, -0.1) is 0 Å². The maximum absolute atomic E-state index is 14.4. The molecule has 2 aromatic rings. The maximum atomic E-state index is 14.4. The van der Waals surface area contributed by atoms with Crippen molar-refractivity contribution in [1.29, 1.82) is 0 Å². The van der Waals surface area contributed by atoms with Gasteiger partial charge in [0.2, 0.25) is 12.0 Å². The number of methoxy groups -OCH3 is 1. The Labute approximate surface area is 177 Å². The van der Waals surface area contributed by atoms with Crippen molar-refractivity contribution >= 4 is 17.5 Å². The predicted octanol–water partition coefficient (Wildman–Crippen LogP) is 2.13. The molecule has 8 nitrogen and oxygen atoms in total. The summed E-state index contributed by atoms with van der Waals surface area (Å²) < 4.78 is 39.7. The van der Waals surface area contributed by atoms with Gasteiger partial charge >= 0.3 is 11.6 Å². The summed E-state index contributed by atoms with van der Waals surface area (Å²) in [6.07, 6.45) is 0.0791. The van der Waals surface area contributed by atoms with Crippen molar-refractivity contribution < 1.29 is 37.8 Å². The number of carbonyl (C=O) groups excluding carboxylic acids is 2. The minimum absolute atomic E-state index is 0.195. The number of amides is 2. The third-order valence-corrected chi connectivity index (χ3v) is 5.75. The average Bonchev–Trinajstić information content (AvgIpc) is 2.94. The highest BCUT2D eigenvalue weighted by atomic mass is 19.2. The first-order chi connectivity index (χ1) is 14.5. The Balaban J connectivity index is 1.99. The van der Waals surface area contributed by atoms with E-state index in [0.29, 0.717) is 10.3 Å². The smallest absolute Gasteiger partial charge is 0.323 e. The lowest BCUT2D eigenvalue weighted by Gasteiger charge is -2.25. The fourth-order valence-corrected chi connectivity index (χ4v) is 3.84. The molecular weight excluding hydrogens is 412 g/mol. The summed E-state index contributed by atoms with van der Waals surface area (Å²) >= 11 is 0. The summed E-state index contributed by atoms with van der Waals surface area (Å²) in [5, 5.41) is 12.3. The molecule has 10 heteroatoms. The van der Waals surface area contributed by atoms with Crippen LogP contribution in [-0.4, -0.2) is 35.8 Å². The number of nitrogens with zero attached hydrogens (tertiary/aromatic N) is 1. The van der Waals surface area contributed by atoms with Crippen molar-refractivity contribution in [2.24, 2.45) is 11.7 Å². The number of nitrogens with two attached hydrogens (primary N) is 1. The molecule has 3 atom stereocenters. The van der Waals surface area contributed by atoms with Crippen LogP contribution in [-0.2, 0) is 9.53 Å². The van der Waals surface area contributed by atoms with Crippen LogP contribution >= 0.6 is 0 Å². The van der Waals surface area contributed by atoms with E-state index in [-0.39, 0.29) is 23.0 Å². The molecule has 0 radical (unpaired) electrons. The Morgan fingerprint density at radius 1 is 1.29 bits per heavy atom. The van der Waals surface area contributed by atoms with E-state index < -0.39 is 41.1 Å². The van der Waals surface area contributed by atoms with Gasteiger partial charge in [-0.05, 0) is 25.8 Å². The molecule has 1 aliphatic heterocycles. The van der Waals surface area contributed by atoms with E-state index in [1.54, 1.807) is 13.8 Å². The van der Waals surface area contributed by atoms with Crippen LogP contribution in [0.4, 0.5) is 14.5 Å². The van der Waals surface area contributed by atoms with Gasteiger partial charge in [0.15, 0.2) is 11.6 Å². The van der Waals surface area contributed by atoms with Crippen molar-refractivity contribution in [2.75, 3.05) is 12.4 Å². The van der Waals surface area contributed by atoms with Crippen LogP contribution in [0.3, 0.4) is 0 Å². The van der Waals surface area contributed by atoms with Crippen LogP contribution in [0.2, 0.25) is 0 Å². The molecule has 0 bridgehead atoms. The lowest BCUT2D eigenvalue weighted by molar-refractivity contribution is -0.905. The van der Waals surface area contributed by atoms with Gasteiger partial charge in [0.1, 0.15) is 6.10 Å². The molecule has 1 fully saturated rings. The standard InChI is InChI=1S/C21H23F2N3O5/c1-10-15(12-5-6-13(22)16(23)17(12)30-4)18(31-21(10,2)3)20(28)25-11-7-8-26(29)14(9-11)19(24)27/h5-10,15,18,29H,1-4H3,(H2,24,27)/p+1/t10-,15-,18-/m1/s1. The predicted molar refractivity (Wildman–Crippen MR) is 105 cm³/mol. The number of hydrogen-bond donors (Lipinski definition) is 3. The monoisotopic (exact) mass is 436 g/mol. The van der Waals surface area contributed by atoms with Crippen LogP contribution in [0.1, 0.15) is 42.7 Å². The van der Waals surface area contributed by atoms with Crippen molar-refractivity contribution in [1.82, 2.24) is 0 Å². The Bertz CT molecular complexity index is 1040. The highest BCUT2D eigenvalue weighted by Gasteiger charge is 2.51.